The Morgan fingerprint density at radius 1 is 1.22 bits per heavy atom. The molecule has 1 aromatic rings. The van der Waals surface area contributed by atoms with E-state index in [2.05, 4.69) is 4.90 Å². The summed E-state index contributed by atoms with van der Waals surface area (Å²) < 4.78 is 47.6. The number of morpholine rings is 1. The third-order valence-electron chi connectivity index (χ3n) is 4.52. The zero-order chi connectivity index (χ0) is 16.7. The molecule has 1 aromatic carbocycles. The number of likely N-dealkylation sites (N-methyl/N-ethyl adjacent to an activating group) is 1. The number of likely N-dealkylation sites (tertiary alicyclic amines) is 1. The number of nitrogens with zero attached hydrogens (tertiary/aromatic N) is 2. The number of rotatable bonds is 2. The van der Waals surface area contributed by atoms with Crippen LogP contribution in [0.15, 0.2) is 24.3 Å². The maximum Gasteiger partial charge on any atom is 0.349 e. The number of alkyl halides is 2. The van der Waals surface area contributed by atoms with Crippen LogP contribution in [0.4, 0.5) is 13.2 Å². The Balaban J connectivity index is 1.77. The molecule has 0 bridgehead atoms. The molecule has 0 radical (unpaired) electrons. The van der Waals surface area contributed by atoms with Crippen LogP contribution < -0.4 is 0 Å². The highest BCUT2D eigenvalue weighted by Crippen LogP contribution is 2.34. The molecular weight excluding hydrogens is 309 g/mol. The molecule has 1 amide bonds. The molecular formula is C16H19F3N2O2. The van der Waals surface area contributed by atoms with E-state index in [9.17, 15) is 18.0 Å². The van der Waals surface area contributed by atoms with Gasteiger partial charge < -0.3 is 14.5 Å². The molecule has 7 heteroatoms. The average Bonchev–Trinajstić information content (AvgIpc) is 2.87. The summed E-state index contributed by atoms with van der Waals surface area (Å²) in [5.41, 5.74) is -1.05. The van der Waals surface area contributed by atoms with Gasteiger partial charge in [0.25, 0.3) is 5.91 Å². The average molecular weight is 328 g/mol. The number of benzene rings is 1. The van der Waals surface area contributed by atoms with Crippen molar-refractivity contribution in [1.82, 2.24) is 9.80 Å². The molecule has 0 aliphatic carbocycles. The lowest BCUT2D eigenvalue weighted by Crippen LogP contribution is -2.57. The monoisotopic (exact) mass is 328 g/mol. The number of carbonyl (C=O) groups is 1. The number of halogens is 3. The van der Waals surface area contributed by atoms with Crippen molar-refractivity contribution in [2.24, 2.45) is 0 Å². The van der Waals surface area contributed by atoms with Gasteiger partial charge in [-0.25, -0.2) is 4.39 Å². The van der Waals surface area contributed by atoms with Crippen LogP contribution in [0, 0.1) is 5.82 Å². The van der Waals surface area contributed by atoms with Gasteiger partial charge in [-0.1, -0.05) is 0 Å². The molecule has 3 rings (SSSR count). The van der Waals surface area contributed by atoms with Gasteiger partial charge in [-0.15, -0.1) is 0 Å². The minimum absolute atomic E-state index is 0.140. The topological polar surface area (TPSA) is 32.8 Å². The summed E-state index contributed by atoms with van der Waals surface area (Å²) in [6.45, 7) is 1.99. The van der Waals surface area contributed by atoms with E-state index in [-0.39, 0.29) is 19.7 Å². The number of carbonyl (C=O) groups excluding carboxylic acids is 1. The predicted octanol–water partition coefficient (Wildman–Crippen LogP) is 1.85. The predicted molar refractivity (Wildman–Crippen MR) is 77.7 cm³/mol. The maximum absolute atomic E-state index is 14.5. The van der Waals surface area contributed by atoms with Crippen LogP contribution in [0.2, 0.25) is 0 Å². The second-order valence-electron chi connectivity index (χ2n) is 6.33. The van der Waals surface area contributed by atoms with Crippen LogP contribution in [0.25, 0.3) is 0 Å². The van der Waals surface area contributed by atoms with E-state index in [0.29, 0.717) is 6.54 Å². The Kier molecular flexibility index (Phi) is 4.10. The lowest BCUT2D eigenvalue weighted by atomic mass is 9.99. The molecule has 1 spiro atoms. The maximum atomic E-state index is 14.5. The molecule has 2 aliphatic rings. The summed E-state index contributed by atoms with van der Waals surface area (Å²) in [5.74, 6) is -5.53. The second kappa shape index (κ2) is 5.79. The van der Waals surface area contributed by atoms with Crippen molar-refractivity contribution in [2.75, 3.05) is 39.8 Å². The molecule has 4 nitrogen and oxygen atoms in total. The highest BCUT2D eigenvalue weighted by Gasteiger charge is 2.49. The van der Waals surface area contributed by atoms with Gasteiger partial charge in [-0.3, -0.25) is 4.79 Å². The summed E-state index contributed by atoms with van der Waals surface area (Å²) in [4.78, 5) is 15.6. The summed E-state index contributed by atoms with van der Waals surface area (Å²) in [6.07, 6.45) is 0.718. The summed E-state index contributed by atoms with van der Waals surface area (Å²) in [7, 11) is 1.94. The smallest absolute Gasteiger partial charge is 0.349 e. The zero-order valence-corrected chi connectivity index (χ0v) is 12.9. The van der Waals surface area contributed by atoms with E-state index in [1.165, 1.54) is 4.90 Å². The molecule has 126 valence electrons. The highest BCUT2D eigenvalue weighted by molar-refractivity contribution is 5.85. The molecule has 2 fully saturated rings. The molecule has 2 aliphatic heterocycles. The lowest BCUT2D eigenvalue weighted by Gasteiger charge is -2.41. The Hall–Kier alpha value is -1.60. The third-order valence-corrected chi connectivity index (χ3v) is 4.52. The van der Waals surface area contributed by atoms with E-state index >= 15 is 0 Å². The summed E-state index contributed by atoms with van der Waals surface area (Å²) >= 11 is 0. The van der Waals surface area contributed by atoms with Gasteiger partial charge in [0, 0.05) is 25.2 Å². The first kappa shape index (κ1) is 16.3. The molecule has 1 atom stereocenters. The Morgan fingerprint density at radius 2 is 1.91 bits per heavy atom. The Morgan fingerprint density at radius 3 is 2.52 bits per heavy atom. The van der Waals surface area contributed by atoms with Gasteiger partial charge in [-0.2, -0.15) is 8.78 Å². The van der Waals surface area contributed by atoms with Crippen molar-refractivity contribution in [3.05, 3.63) is 35.6 Å². The molecule has 0 N–H and O–H groups in total. The number of ether oxygens (including phenoxy) is 1. The van der Waals surface area contributed by atoms with Crippen molar-refractivity contribution in [2.45, 2.75) is 17.9 Å². The van der Waals surface area contributed by atoms with Crippen molar-refractivity contribution >= 4 is 5.91 Å². The van der Waals surface area contributed by atoms with Gasteiger partial charge >= 0.3 is 5.92 Å². The van der Waals surface area contributed by atoms with Crippen molar-refractivity contribution < 1.29 is 22.7 Å². The summed E-state index contributed by atoms with van der Waals surface area (Å²) in [6, 6.07) is 3.77. The van der Waals surface area contributed by atoms with Gasteiger partial charge in [0.15, 0.2) is 0 Å². The van der Waals surface area contributed by atoms with Gasteiger partial charge in [0.2, 0.25) is 0 Å². The first-order chi connectivity index (χ1) is 10.8. The zero-order valence-electron chi connectivity index (χ0n) is 12.9. The van der Waals surface area contributed by atoms with Crippen LogP contribution in [-0.4, -0.2) is 61.1 Å². The van der Waals surface area contributed by atoms with Crippen LogP contribution in [-0.2, 0) is 15.5 Å². The van der Waals surface area contributed by atoms with Gasteiger partial charge in [0.05, 0.1) is 18.8 Å². The number of hydrogen-bond donors (Lipinski definition) is 0. The molecule has 23 heavy (non-hydrogen) atoms. The van der Waals surface area contributed by atoms with E-state index in [4.69, 9.17) is 4.74 Å². The van der Waals surface area contributed by atoms with Crippen molar-refractivity contribution in [3.8, 4) is 0 Å². The Labute approximate surface area is 132 Å². The van der Waals surface area contributed by atoms with Crippen LogP contribution in [0.5, 0.6) is 0 Å². The number of hydrogen-bond acceptors (Lipinski definition) is 3. The first-order valence-electron chi connectivity index (χ1n) is 7.58. The van der Waals surface area contributed by atoms with Crippen LogP contribution in [0.1, 0.15) is 12.0 Å². The highest BCUT2D eigenvalue weighted by atomic mass is 19.3. The fourth-order valence-electron chi connectivity index (χ4n) is 3.29. The van der Waals surface area contributed by atoms with E-state index in [1.54, 1.807) is 0 Å². The molecule has 0 saturated carbocycles. The van der Waals surface area contributed by atoms with E-state index in [1.807, 2.05) is 7.05 Å². The number of amides is 1. The van der Waals surface area contributed by atoms with Crippen LogP contribution >= 0.6 is 0 Å². The largest absolute Gasteiger partial charge is 0.370 e. The van der Waals surface area contributed by atoms with E-state index < -0.39 is 28.8 Å². The SMILES string of the molecule is CN1CCC2(C1)CN(C(=O)C(F)(F)c1ccc(F)cc1)CCO2. The molecule has 2 saturated heterocycles. The van der Waals surface area contributed by atoms with Crippen molar-refractivity contribution in [1.29, 1.82) is 0 Å². The second-order valence-corrected chi connectivity index (χ2v) is 6.33. The van der Waals surface area contributed by atoms with Gasteiger partial charge in [-0.05, 0) is 37.7 Å². The third kappa shape index (κ3) is 3.07. The summed E-state index contributed by atoms with van der Waals surface area (Å²) in [5, 5.41) is 0. The lowest BCUT2D eigenvalue weighted by molar-refractivity contribution is -0.173. The fourth-order valence-corrected chi connectivity index (χ4v) is 3.29. The van der Waals surface area contributed by atoms with Crippen molar-refractivity contribution in [3.63, 3.8) is 0 Å². The molecule has 1 unspecified atom stereocenters. The minimum Gasteiger partial charge on any atom is -0.370 e. The van der Waals surface area contributed by atoms with Crippen LogP contribution in [0.3, 0.4) is 0 Å². The molecule has 2 heterocycles. The standard InChI is InChI=1S/C16H19F3N2O2/c1-20-7-6-15(10-20)11-21(8-9-23-15)14(22)16(18,19)12-2-4-13(17)5-3-12/h2-5H,6-11H2,1H3. The Bertz CT molecular complexity index is 589. The first-order valence-corrected chi connectivity index (χ1v) is 7.58. The van der Waals surface area contributed by atoms with E-state index in [0.717, 1.165) is 37.2 Å². The van der Waals surface area contributed by atoms with Gasteiger partial charge in [0.1, 0.15) is 5.82 Å². The quantitative estimate of drug-likeness (QED) is 0.831. The molecule has 0 aromatic heterocycles. The normalized spacial score (nSPS) is 26.0. The fraction of sp³-hybridized carbons (Fsp3) is 0.562. The minimum atomic E-state index is -3.67.